The molecule has 0 aliphatic carbocycles. The number of carbonyl (C=O) groups excluding carboxylic acids is 1. The maximum atomic E-state index is 14.2. The zero-order valence-corrected chi connectivity index (χ0v) is 27.1. The molecule has 254 valence electrons. The zero-order valence-electron chi connectivity index (χ0n) is 25.5. The summed E-state index contributed by atoms with van der Waals surface area (Å²) in [6.45, 7) is 0.352. The minimum Gasteiger partial charge on any atom is -0.497 e. The number of methoxy groups -OCH3 is 2. The molecule has 1 aliphatic rings. The van der Waals surface area contributed by atoms with Crippen molar-refractivity contribution in [2.45, 2.75) is 30.5 Å². The van der Waals surface area contributed by atoms with E-state index in [0.717, 1.165) is 30.0 Å². The van der Waals surface area contributed by atoms with Crippen molar-refractivity contribution < 1.29 is 50.1 Å². The van der Waals surface area contributed by atoms with E-state index < -0.39 is 39.0 Å². The molecule has 1 amide bonds. The number of fused-ring (bicyclic) bond motifs is 1. The minimum atomic E-state index is -5.18. The molecule has 3 aromatic carbocycles. The Labute approximate surface area is 279 Å². The minimum absolute atomic E-state index is 0.0231. The first-order chi connectivity index (χ1) is 22.9. The van der Waals surface area contributed by atoms with Gasteiger partial charge in [-0.25, -0.2) is 13.4 Å². The van der Waals surface area contributed by atoms with Crippen LogP contribution in [0, 0.1) is 0 Å². The Kier molecular flexibility index (Phi) is 10.5. The van der Waals surface area contributed by atoms with E-state index in [1.54, 1.807) is 18.2 Å². The van der Waals surface area contributed by atoms with Crippen LogP contribution in [0.25, 0.3) is 0 Å². The molecule has 11 nitrogen and oxygen atoms in total. The van der Waals surface area contributed by atoms with Crippen molar-refractivity contribution in [2.75, 3.05) is 32.2 Å². The van der Waals surface area contributed by atoms with E-state index in [9.17, 15) is 26.4 Å². The molecule has 0 saturated carbocycles. The fourth-order valence-electron chi connectivity index (χ4n) is 4.86. The lowest BCUT2D eigenvalue weighted by Crippen LogP contribution is -2.44. The van der Waals surface area contributed by atoms with Crippen LogP contribution >= 0.6 is 11.6 Å². The number of pyridine rings is 1. The highest BCUT2D eigenvalue weighted by molar-refractivity contribution is 7.92. The lowest BCUT2D eigenvalue weighted by molar-refractivity contribution is -0.275. The Bertz CT molecular complexity index is 1880. The maximum absolute atomic E-state index is 14.2. The second-order valence-electron chi connectivity index (χ2n) is 10.4. The first-order valence-corrected chi connectivity index (χ1v) is 16.1. The molecule has 0 spiro atoms. The molecule has 16 heteroatoms. The number of carbonyl (C=O) groups is 1. The molecule has 1 N–H and O–H groups in total. The highest BCUT2D eigenvalue weighted by Gasteiger charge is 2.36. The quantitative estimate of drug-likeness (QED) is 0.187. The number of nitrogens with one attached hydrogen (secondary N) is 1. The number of nitrogens with zero attached hydrogens (tertiary/aromatic N) is 2. The van der Waals surface area contributed by atoms with Crippen LogP contribution in [0.2, 0.25) is 5.02 Å². The van der Waals surface area contributed by atoms with Crippen LogP contribution in [0.3, 0.4) is 0 Å². The van der Waals surface area contributed by atoms with Gasteiger partial charge >= 0.3 is 6.36 Å². The number of alkyl halides is 3. The van der Waals surface area contributed by atoms with E-state index in [4.69, 9.17) is 30.5 Å². The third-order valence-corrected chi connectivity index (χ3v) is 8.76. The summed E-state index contributed by atoms with van der Waals surface area (Å²) >= 11 is 5.90. The Balaban J connectivity index is 1.46. The summed E-state index contributed by atoms with van der Waals surface area (Å²) in [5, 5.41) is -0.154. The average Bonchev–Trinajstić information content (AvgIpc) is 3.17. The molecular weight excluding hydrogens is 679 g/mol. The van der Waals surface area contributed by atoms with Gasteiger partial charge in [0.2, 0.25) is 5.88 Å². The van der Waals surface area contributed by atoms with Crippen molar-refractivity contribution in [3.63, 3.8) is 0 Å². The Hall–Kier alpha value is -4.73. The third kappa shape index (κ3) is 8.40. The first kappa shape index (κ1) is 34.6. The van der Waals surface area contributed by atoms with Crippen molar-refractivity contribution in [2.24, 2.45) is 0 Å². The van der Waals surface area contributed by atoms with E-state index in [2.05, 4.69) is 14.4 Å². The molecule has 48 heavy (non-hydrogen) atoms. The number of hydrogen-bond acceptors (Lipinski definition) is 9. The van der Waals surface area contributed by atoms with Gasteiger partial charge in [0.15, 0.2) is 0 Å². The van der Waals surface area contributed by atoms with Gasteiger partial charge in [0.05, 0.1) is 51.9 Å². The summed E-state index contributed by atoms with van der Waals surface area (Å²) in [6, 6.07) is 17.8. The monoisotopic (exact) mass is 707 g/mol. The fourth-order valence-corrected chi connectivity index (χ4v) is 6.29. The lowest BCUT2D eigenvalue weighted by Gasteiger charge is -2.30. The van der Waals surface area contributed by atoms with Crippen LogP contribution in [0.15, 0.2) is 83.9 Å². The van der Waals surface area contributed by atoms with Crippen LogP contribution in [-0.4, -0.2) is 64.0 Å². The number of anilines is 1. The van der Waals surface area contributed by atoms with Crippen molar-refractivity contribution in [3.8, 4) is 23.1 Å². The van der Waals surface area contributed by atoms with Crippen LogP contribution in [0.4, 0.5) is 18.9 Å². The van der Waals surface area contributed by atoms with E-state index in [-0.39, 0.29) is 48.5 Å². The van der Waals surface area contributed by atoms with Crippen molar-refractivity contribution >= 4 is 33.2 Å². The molecule has 5 rings (SSSR count). The summed E-state index contributed by atoms with van der Waals surface area (Å²) in [6.07, 6.45) is -4.10. The summed E-state index contributed by atoms with van der Waals surface area (Å²) < 4.78 is 94.4. The molecule has 1 aliphatic heterocycles. The smallest absolute Gasteiger partial charge is 0.497 e. The van der Waals surface area contributed by atoms with Gasteiger partial charge in [-0.3, -0.25) is 9.52 Å². The van der Waals surface area contributed by atoms with Crippen LogP contribution in [-0.2, 0) is 27.9 Å². The molecule has 0 saturated heterocycles. The molecule has 1 atom stereocenters. The Morgan fingerprint density at radius 3 is 2.50 bits per heavy atom. The molecule has 2 heterocycles. The number of rotatable bonds is 12. The number of sulfonamides is 1. The van der Waals surface area contributed by atoms with Gasteiger partial charge in [-0.2, -0.15) is 0 Å². The van der Waals surface area contributed by atoms with Gasteiger partial charge in [0.25, 0.3) is 15.9 Å². The average molecular weight is 708 g/mol. The van der Waals surface area contributed by atoms with Crippen LogP contribution in [0.5, 0.6) is 23.1 Å². The number of benzene rings is 3. The normalized spacial score (nSPS) is 14.8. The third-order valence-electron chi connectivity index (χ3n) is 7.13. The summed E-state index contributed by atoms with van der Waals surface area (Å²) in [7, 11) is -1.74. The maximum Gasteiger partial charge on any atom is 0.573 e. The van der Waals surface area contributed by atoms with Crippen LogP contribution < -0.4 is 23.7 Å². The van der Waals surface area contributed by atoms with Gasteiger partial charge in [-0.15, -0.1) is 13.2 Å². The molecule has 0 bridgehead atoms. The predicted octanol–water partition coefficient (Wildman–Crippen LogP) is 6.07. The van der Waals surface area contributed by atoms with Gasteiger partial charge < -0.3 is 28.6 Å². The highest BCUT2D eigenvalue weighted by Crippen LogP contribution is 2.35. The van der Waals surface area contributed by atoms with Crippen LogP contribution in [0.1, 0.15) is 21.5 Å². The van der Waals surface area contributed by atoms with E-state index >= 15 is 0 Å². The SMILES string of the molecule is COc1ccc(CN2C(=O)c3cc(NS(=O)(=O)c4cc(Cl)ccc4OC(F)(F)F)cnc3OC[C@@H]2COCc2ccccc2)c(OC)c1. The second-order valence-corrected chi connectivity index (χ2v) is 12.5. The molecular formula is C32H29ClF3N3O8S. The summed E-state index contributed by atoms with van der Waals surface area (Å²) in [4.78, 5) is 19.0. The standard InChI is InChI=1S/C32H29ClF3N3O8S/c1-43-25-10-8-21(28(14-25)44-2)16-39-24(18-45-17-20-6-4-3-5-7-20)19-46-30-26(31(39)40)13-23(15-37-30)38-48(41,42)29-12-22(33)9-11-27(29)47-32(34,35)36/h3-15,24,38H,16-19H2,1-2H3/t24-/m0/s1. The highest BCUT2D eigenvalue weighted by atomic mass is 35.5. The molecule has 0 radical (unpaired) electrons. The molecule has 0 unspecified atom stereocenters. The Morgan fingerprint density at radius 1 is 1.02 bits per heavy atom. The fraction of sp³-hybridized carbons (Fsp3) is 0.250. The Morgan fingerprint density at radius 2 is 1.79 bits per heavy atom. The largest absolute Gasteiger partial charge is 0.573 e. The molecule has 4 aromatic rings. The zero-order chi connectivity index (χ0) is 34.5. The lowest BCUT2D eigenvalue weighted by atomic mass is 10.1. The van der Waals surface area contributed by atoms with Crippen molar-refractivity contribution in [3.05, 3.63) is 101 Å². The number of ether oxygens (including phenoxy) is 5. The number of halogens is 4. The van der Waals surface area contributed by atoms with Crippen molar-refractivity contribution in [1.82, 2.24) is 9.88 Å². The van der Waals surface area contributed by atoms with Gasteiger partial charge in [-0.05, 0) is 42.0 Å². The second kappa shape index (κ2) is 14.6. The van der Waals surface area contributed by atoms with E-state index in [1.165, 1.54) is 25.2 Å². The molecule has 0 fully saturated rings. The van der Waals surface area contributed by atoms with Gasteiger partial charge in [-0.1, -0.05) is 41.9 Å². The predicted molar refractivity (Wildman–Crippen MR) is 168 cm³/mol. The summed E-state index contributed by atoms with van der Waals surface area (Å²) in [5.74, 6) is -0.664. The van der Waals surface area contributed by atoms with E-state index in [0.29, 0.717) is 17.1 Å². The summed E-state index contributed by atoms with van der Waals surface area (Å²) in [5.41, 5.74) is 1.22. The van der Waals surface area contributed by atoms with Gasteiger partial charge in [0, 0.05) is 16.7 Å². The van der Waals surface area contributed by atoms with E-state index in [1.807, 2.05) is 30.3 Å². The van der Waals surface area contributed by atoms with Crippen molar-refractivity contribution in [1.29, 1.82) is 0 Å². The first-order valence-electron chi connectivity index (χ1n) is 14.2. The number of aromatic nitrogens is 1. The number of hydrogen-bond donors (Lipinski definition) is 1. The molecule has 1 aromatic heterocycles. The number of amides is 1. The topological polar surface area (TPSA) is 126 Å². The van der Waals surface area contributed by atoms with Gasteiger partial charge in [0.1, 0.15) is 34.3 Å².